The molecule has 25 heavy (non-hydrogen) atoms. The Hall–Kier alpha value is -2.77. The van der Waals surface area contributed by atoms with Gasteiger partial charge >= 0.3 is 5.69 Å². The molecule has 0 aliphatic carbocycles. The van der Waals surface area contributed by atoms with E-state index in [1.807, 2.05) is 11.4 Å². The van der Waals surface area contributed by atoms with Crippen LogP contribution in [0.3, 0.4) is 0 Å². The van der Waals surface area contributed by atoms with E-state index in [4.69, 9.17) is 11.6 Å². The number of rotatable bonds is 3. The zero-order valence-electron chi connectivity index (χ0n) is 12.8. The number of fused-ring (bicyclic) bond motifs is 1. The number of nitrogens with zero attached hydrogens (tertiary/aromatic N) is 4. The molecule has 0 saturated carbocycles. The number of thiophene rings is 1. The van der Waals surface area contributed by atoms with Gasteiger partial charge in [-0.1, -0.05) is 17.7 Å². The van der Waals surface area contributed by atoms with Crippen molar-refractivity contribution in [2.24, 2.45) is 0 Å². The smallest absolute Gasteiger partial charge is 0.328 e. The molecule has 4 heterocycles. The molecule has 6 nitrogen and oxygen atoms in total. The largest absolute Gasteiger partial charge is 0.357 e. The Morgan fingerprint density at radius 3 is 2.76 bits per heavy atom. The topological polar surface area (TPSA) is 69.8 Å². The van der Waals surface area contributed by atoms with Gasteiger partial charge in [-0.15, -0.1) is 0 Å². The first kappa shape index (κ1) is 15.7. The lowest BCUT2D eigenvalue weighted by Gasteiger charge is -2.14. The summed E-state index contributed by atoms with van der Waals surface area (Å²) in [6.07, 6.45) is 3.43. The van der Waals surface area contributed by atoms with Gasteiger partial charge in [-0.2, -0.15) is 16.3 Å². The summed E-state index contributed by atoms with van der Waals surface area (Å²) in [7, 11) is 0. The average molecular weight is 371 g/mol. The van der Waals surface area contributed by atoms with E-state index in [0.717, 1.165) is 10.1 Å². The number of hydrogen-bond acceptors (Lipinski definition) is 5. The fourth-order valence-corrected chi connectivity index (χ4v) is 3.35. The zero-order valence-corrected chi connectivity index (χ0v) is 14.4. The molecule has 2 aliphatic heterocycles. The standard InChI is InChI=1S/C17H11ClN4O2S/c18-14-4-3-11(8-19-14)9-21-6-1-2-13-15(21)20-17(24)22(16(13)23)12-5-7-25-10-12/h1-8,10H,9H2. The Bertz CT molecular complexity index is 1120. The van der Waals surface area contributed by atoms with Crippen molar-refractivity contribution in [2.45, 2.75) is 6.54 Å². The normalized spacial score (nSPS) is 11.1. The van der Waals surface area contributed by atoms with Gasteiger partial charge in [0.15, 0.2) is 5.82 Å². The van der Waals surface area contributed by atoms with Crippen LogP contribution in [0.15, 0.2) is 63.1 Å². The lowest BCUT2D eigenvalue weighted by Crippen LogP contribution is -2.36. The SMILES string of the molecule is O=c1nc2n(Cc3ccc(Cl)nc3)cccc-2c(=O)n1-c1ccsc1. The van der Waals surface area contributed by atoms with Gasteiger partial charge in [0, 0.05) is 17.8 Å². The highest BCUT2D eigenvalue weighted by Crippen LogP contribution is 2.17. The van der Waals surface area contributed by atoms with Gasteiger partial charge in [-0.05, 0) is 35.2 Å². The fraction of sp³-hybridized carbons (Fsp3) is 0.0588. The third-order valence-corrected chi connectivity index (χ3v) is 4.67. The minimum atomic E-state index is -0.593. The second-order valence-electron chi connectivity index (χ2n) is 5.38. The molecular weight excluding hydrogens is 360 g/mol. The summed E-state index contributed by atoms with van der Waals surface area (Å²) in [6.45, 7) is 0.426. The van der Waals surface area contributed by atoms with E-state index < -0.39 is 5.69 Å². The highest BCUT2D eigenvalue weighted by atomic mass is 35.5. The molecule has 0 N–H and O–H groups in total. The Labute approximate surface area is 151 Å². The summed E-state index contributed by atoms with van der Waals surface area (Å²) in [6, 6.07) is 8.68. The van der Waals surface area contributed by atoms with E-state index in [1.165, 1.54) is 11.3 Å². The summed E-state index contributed by atoms with van der Waals surface area (Å²) >= 11 is 7.22. The van der Waals surface area contributed by atoms with Gasteiger partial charge in [0.2, 0.25) is 0 Å². The highest BCUT2D eigenvalue weighted by molar-refractivity contribution is 7.08. The van der Waals surface area contributed by atoms with Gasteiger partial charge < -0.3 is 4.57 Å². The van der Waals surface area contributed by atoms with E-state index in [0.29, 0.717) is 28.8 Å². The molecule has 2 aromatic rings. The van der Waals surface area contributed by atoms with Crippen LogP contribution in [0.2, 0.25) is 5.15 Å². The summed E-state index contributed by atoms with van der Waals surface area (Å²) in [5, 5.41) is 3.96. The molecule has 0 fully saturated rings. The molecule has 2 aromatic heterocycles. The van der Waals surface area contributed by atoms with Crippen molar-refractivity contribution in [3.63, 3.8) is 0 Å². The van der Waals surface area contributed by atoms with E-state index >= 15 is 0 Å². The third-order valence-electron chi connectivity index (χ3n) is 3.77. The molecule has 0 amide bonds. The van der Waals surface area contributed by atoms with Crippen molar-refractivity contribution in [3.05, 3.63) is 85.0 Å². The van der Waals surface area contributed by atoms with Crippen LogP contribution in [0.5, 0.6) is 0 Å². The quantitative estimate of drug-likeness (QED) is 0.520. The first-order valence-electron chi connectivity index (χ1n) is 7.39. The molecular formula is C17H11ClN4O2S. The van der Waals surface area contributed by atoms with Gasteiger partial charge in [0.25, 0.3) is 5.56 Å². The van der Waals surface area contributed by atoms with Crippen molar-refractivity contribution >= 4 is 22.9 Å². The monoisotopic (exact) mass is 370 g/mol. The lowest BCUT2D eigenvalue weighted by molar-refractivity contribution is 0.751. The maximum absolute atomic E-state index is 12.8. The predicted molar refractivity (Wildman–Crippen MR) is 96.9 cm³/mol. The number of aromatic nitrogens is 4. The Kier molecular flexibility index (Phi) is 3.95. The van der Waals surface area contributed by atoms with E-state index in [2.05, 4.69) is 9.97 Å². The van der Waals surface area contributed by atoms with Crippen molar-refractivity contribution in [3.8, 4) is 17.1 Å². The molecule has 0 atom stereocenters. The number of halogens is 1. The molecule has 0 bridgehead atoms. The summed E-state index contributed by atoms with van der Waals surface area (Å²) in [5.41, 5.74) is 0.835. The first-order chi connectivity index (χ1) is 12.1. The molecule has 8 heteroatoms. The minimum absolute atomic E-state index is 0.346. The summed E-state index contributed by atoms with van der Waals surface area (Å²) < 4.78 is 2.84. The third kappa shape index (κ3) is 2.88. The molecule has 0 spiro atoms. The van der Waals surface area contributed by atoms with Crippen LogP contribution in [0.4, 0.5) is 0 Å². The summed E-state index contributed by atoms with van der Waals surface area (Å²) in [4.78, 5) is 33.4. The van der Waals surface area contributed by atoms with E-state index in [9.17, 15) is 9.59 Å². The van der Waals surface area contributed by atoms with E-state index in [1.54, 1.807) is 46.6 Å². The highest BCUT2D eigenvalue weighted by Gasteiger charge is 2.18. The van der Waals surface area contributed by atoms with Gasteiger partial charge in [0.1, 0.15) is 5.15 Å². The average Bonchev–Trinajstić information content (AvgIpc) is 3.12. The second-order valence-corrected chi connectivity index (χ2v) is 6.55. The van der Waals surface area contributed by atoms with Crippen LogP contribution in [0, 0.1) is 0 Å². The lowest BCUT2D eigenvalue weighted by atomic mass is 10.2. The Morgan fingerprint density at radius 2 is 2.04 bits per heavy atom. The molecule has 0 saturated heterocycles. The maximum atomic E-state index is 12.8. The maximum Gasteiger partial charge on any atom is 0.357 e. The van der Waals surface area contributed by atoms with Crippen molar-refractivity contribution < 1.29 is 0 Å². The fourth-order valence-electron chi connectivity index (χ4n) is 2.62. The number of hydrogen-bond donors (Lipinski definition) is 0. The van der Waals surface area contributed by atoms with Crippen LogP contribution in [0.1, 0.15) is 5.56 Å². The van der Waals surface area contributed by atoms with Gasteiger partial charge in [-0.3, -0.25) is 4.79 Å². The van der Waals surface area contributed by atoms with Crippen LogP contribution in [-0.4, -0.2) is 19.1 Å². The van der Waals surface area contributed by atoms with Crippen molar-refractivity contribution in [1.29, 1.82) is 0 Å². The number of pyridine rings is 2. The van der Waals surface area contributed by atoms with Crippen molar-refractivity contribution in [2.75, 3.05) is 0 Å². The predicted octanol–water partition coefficient (Wildman–Crippen LogP) is 2.66. The van der Waals surface area contributed by atoms with Crippen LogP contribution >= 0.6 is 22.9 Å². The van der Waals surface area contributed by atoms with Crippen LogP contribution < -0.4 is 11.2 Å². The minimum Gasteiger partial charge on any atom is -0.328 e. The summed E-state index contributed by atoms with van der Waals surface area (Å²) in [5.74, 6) is 0.346. The Balaban J connectivity index is 1.87. The molecule has 0 radical (unpaired) electrons. The van der Waals surface area contributed by atoms with Gasteiger partial charge in [0.05, 0.1) is 17.8 Å². The molecule has 0 unspecified atom stereocenters. The van der Waals surface area contributed by atoms with Gasteiger partial charge in [-0.25, -0.2) is 14.3 Å². The molecule has 124 valence electrons. The molecule has 0 aromatic carbocycles. The zero-order chi connectivity index (χ0) is 17.4. The van der Waals surface area contributed by atoms with Crippen LogP contribution in [-0.2, 0) is 6.54 Å². The van der Waals surface area contributed by atoms with Crippen LogP contribution in [0.25, 0.3) is 17.1 Å². The molecule has 2 aliphatic rings. The van der Waals surface area contributed by atoms with Crippen molar-refractivity contribution in [1.82, 2.24) is 19.1 Å². The Morgan fingerprint density at radius 1 is 1.16 bits per heavy atom. The van der Waals surface area contributed by atoms with E-state index in [-0.39, 0.29) is 5.56 Å². The molecule has 4 rings (SSSR count). The first-order valence-corrected chi connectivity index (χ1v) is 8.71. The second kappa shape index (κ2) is 6.27.